The van der Waals surface area contributed by atoms with Gasteiger partial charge in [-0.15, -0.1) is 0 Å². The van der Waals surface area contributed by atoms with E-state index in [4.69, 9.17) is 9.47 Å². The second kappa shape index (κ2) is 18.1. The fraction of sp³-hybridized carbons (Fsp3) is 0.278. The molecule has 0 atom stereocenters. The molecule has 0 bridgehead atoms. The lowest BCUT2D eigenvalue weighted by atomic mass is 10.1. The quantitative estimate of drug-likeness (QED) is 0.162. The van der Waals surface area contributed by atoms with Gasteiger partial charge in [0.15, 0.2) is 0 Å². The molecule has 52 heavy (non-hydrogen) atoms. The van der Waals surface area contributed by atoms with Gasteiger partial charge in [-0.2, -0.15) is 0 Å². The highest BCUT2D eigenvalue weighted by molar-refractivity contribution is 7.93. The second-order valence-electron chi connectivity index (χ2n) is 11.5. The Morgan fingerprint density at radius 1 is 0.635 bits per heavy atom. The maximum absolute atomic E-state index is 13.5. The van der Waals surface area contributed by atoms with Gasteiger partial charge in [-0.3, -0.25) is 23.9 Å². The Bertz CT molecular complexity index is 2040. The fourth-order valence-electron chi connectivity index (χ4n) is 5.47. The Labute approximate surface area is 310 Å². The number of hydrogen-bond acceptors (Lipinski definition) is 9. The SMILES string of the molecule is CCOc1ccc(S(=O)(=O)Nc2ccccc2C(=O)NCCN2CCN(C(=O)c3ccccc3NS(=O)(=O)c3ccc(OCC)cc3)CC2)cc1.[Cl-]. The molecule has 1 heterocycles. The monoisotopic (exact) mass is 770 g/mol. The molecular formula is C36H41ClN5O8S2-. The van der Waals surface area contributed by atoms with Crippen molar-refractivity contribution in [3.8, 4) is 11.5 Å². The predicted octanol–water partition coefficient (Wildman–Crippen LogP) is 1.28. The zero-order valence-electron chi connectivity index (χ0n) is 28.7. The van der Waals surface area contributed by atoms with Crippen LogP contribution in [0, 0.1) is 0 Å². The Hall–Kier alpha value is -4.83. The highest BCUT2D eigenvalue weighted by atomic mass is 35.5. The third-order valence-corrected chi connectivity index (χ3v) is 10.8. The van der Waals surface area contributed by atoms with Crippen molar-refractivity contribution in [1.29, 1.82) is 0 Å². The summed E-state index contributed by atoms with van der Waals surface area (Å²) in [5, 5.41) is 2.86. The van der Waals surface area contributed by atoms with Crippen molar-refractivity contribution in [2.75, 3.05) is 61.9 Å². The van der Waals surface area contributed by atoms with Gasteiger partial charge in [-0.1, -0.05) is 24.3 Å². The van der Waals surface area contributed by atoms with E-state index in [0.29, 0.717) is 64.0 Å². The number of sulfonamides is 2. The maximum Gasteiger partial charge on any atom is 0.261 e. The number of amides is 2. The highest BCUT2D eigenvalue weighted by Crippen LogP contribution is 2.25. The van der Waals surface area contributed by atoms with E-state index in [-0.39, 0.29) is 50.6 Å². The van der Waals surface area contributed by atoms with Crippen molar-refractivity contribution in [3.63, 3.8) is 0 Å². The van der Waals surface area contributed by atoms with E-state index in [1.165, 1.54) is 30.3 Å². The number of ether oxygens (including phenoxy) is 2. The first-order valence-corrected chi connectivity index (χ1v) is 19.5. The topological polar surface area (TPSA) is 163 Å². The molecule has 0 unspecified atom stereocenters. The zero-order chi connectivity index (χ0) is 36.4. The number of halogens is 1. The lowest BCUT2D eigenvalue weighted by Crippen LogP contribution is -3.00. The van der Waals surface area contributed by atoms with Crippen LogP contribution in [0.15, 0.2) is 107 Å². The van der Waals surface area contributed by atoms with E-state index < -0.39 is 26.0 Å². The summed E-state index contributed by atoms with van der Waals surface area (Å²) >= 11 is 0. The van der Waals surface area contributed by atoms with Gasteiger partial charge in [0.05, 0.1) is 45.5 Å². The van der Waals surface area contributed by atoms with Crippen LogP contribution in [0.2, 0.25) is 0 Å². The first kappa shape index (κ1) is 39.9. The lowest BCUT2D eigenvalue weighted by molar-refractivity contribution is -0.0000352. The summed E-state index contributed by atoms with van der Waals surface area (Å²) in [7, 11) is -7.93. The smallest absolute Gasteiger partial charge is 0.261 e. The van der Waals surface area contributed by atoms with Gasteiger partial charge in [0.2, 0.25) is 0 Å². The van der Waals surface area contributed by atoms with Crippen LogP contribution in [0.5, 0.6) is 11.5 Å². The van der Waals surface area contributed by atoms with Crippen LogP contribution in [0.25, 0.3) is 0 Å². The first-order chi connectivity index (χ1) is 24.5. The molecule has 4 aromatic rings. The molecule has 0 aromatic heterocycles. The van der Waals surface area contributed by atoms with Crippen molar-refractivity contribution >= 4 is 43.2 Å². The van der Waals surface area contributed by atoms with E-state index in [9.17, 15) is 26.4 Å². The van der Waals surface area contributed by atoms with Gasteiger partial charge in [-0.05, 0) is 86.6 Å². The maximum atomic E-state index is 13.5. The second-order valence-corrected chi connectivity index (χ2v) is 14.9. The summed E-state index contributed by atoms with van der Waals surface area (Å²) in [5.41, 5.74) is 0.755. The van der Waals surface area contributed by atoms with Crippen LogP contribution >= 0.6 is 0 Å². The number of nitrogens with zero attached hydrogens (tertiary/aromatic N) is 2. The molecule has 1 aliphatic heterocycles. The molecule has 5 rings (SSSR count). The van der Waals surface area contributed by atoms with Crippen molar-refractivity contribution in [2.24, 2.45) is 0 Å². The molecule has 0 radical (unpaired) electrons. The minimum Gasteiger partial charge on any atom is -1.00 e. The van der Waals surface area contributed by atoms with Crippen LogP contribution in [0.3, 0.4) is 0 Å². The molecule has 3 N–H and O–H groups in total. The Morgan fingerprint density at radius 2 is 1.08 bits per heavy atom. The van der Waals surface area contributed by atoms with Crippen LogP contribution < -0.4 is 36.6 Å². The fourth-order valence-corrected chi connectivity index (χ4v) is 7.63. The first-order valence-electron chi connectivity index (χ1n) is 16.5. The van der Waals surface area contributed by atoms with Gasteiger partial charge in [0.25, 0.3) is 31.9 Å². The number of para-hydroxylation sites is 2. The van der Waals surface area contributed by atoms with Crippen LogP contribution in [-0.4, -0.2) is 90.9 Å². The average Bonchev–Trinajstić information content (AvgIpc) is 3.12. The number of benzene rings is 4. The molecule has 16 heteroatoms. The van der Waals surface area contributed by atoms with Crippen LogP contribution in [0.1, 0.15) is 34.6 Å². The number of anilines is 2. The number of piperazine rings is 1. The summed E-state index contributed by atoms with van der Waals surface area (Å²) in [5.74, 6) is 0.382. The predicted molar refractivity (Wildman–Crippen MR) is 194 cm³/mol. The van der Waals surface area contributed by atoms with E-state index in [0.717, 1.165) is 0 Å². The van der Waals surface area contributed by atoms with Crippen molar-refractivity contribution < 1.29 is 48.3 Å². The molecule has 0 saturated carbocycles. The van der Waals surface area contributed by atoms with Gasteiger partial charge < -0.3 is 32.1 Å². The number of carbonyl (C=O) groups is 2. The third kappa shape index (κ3) is 10.2. The summed E-state index contributed by atoms with van der Waals surface area (Å²) < 4.78 is 68.2. The van der Waals surface area contributed by atoms with E-state index in [2.05, 4.69) is 19.7 Å². The van der Waals surface area contributed by atoms with Crippen molar-refractivity contribution in [2.45, 2.75) is 23.6 Å². The molecule has 1 fully saturated rings. The number of rotatable bonds is 15. The van der Waals surface area contributed by atoms with E-state index >= 15 is 0 Å². The molecule has 13 nitrogen and oxygen atoms in total. The summed E-state index contributed by atoms with van der Waals surface area (Å²) in [6, 6.07) is 24.9. The third-order valence-electron chi connectivity index (χ3n) is 8.08. The minimum atomic E-state index is -3.96. The number of hydrogen-bond donors (Lipinski definition) is 3. The van der Waals surface area contributed by atoms with Crippen LogP contribution in [0.4, 0.5) is 11.4 Å². The van der Waals surface area contributed by atoms with Gasteiger partial charge in [0.1, 0.15) is 11.5 Å². The molecule has 0 aliphatic carbocycles. The Kier molecular flexibility index (Phi) is 13.9. The Balaban J connectivity index is 0.00000605. The standard InChI is InChI=1S/C36H41N5O8S2.ClH/c1-3-48-27-13-17-29(18-14-27)50(44,45)38-33-11-7-5-9-31(33)35(42)37-21-22-40-23-25-41(26-24-40)36(43)32-10-6-8-12-34(32)39-51(46,47)30-19-15-28(16-20-30)49-4-2;/h5-20,38-39H,3-4,21-26H2,1-2H3,(H,37,42);1H/p-1. The molecular weight excluding hydrogens is 730 g/mol. The highest BCUT2D eigenvalue weighted by Gasteiger charge is 2.26. The lowest BCUT2D eigenvalue weighted by Gasteiger charge is -2.35. The normalized spacial score (nSPS) is 13.4. The average molecular weight is 771 g/mol. The molecule has 2 amide bonds. The molecule has 4 aromatic carbocycles. The number of nitrogens with one attached hydrogen (secondary N) is 3. The summed E-state index contributed by atoms with van der Waals surface area (Å²) in [4.78, 5) is 30.5. The largest absolute Gasteiger partial charge is 1.00 e. The van der Waals surface area contributed by atoms with E-state index in [1.807, 2.05) is 13.8 Å². The number of carbonyl (C=O) groups excluding carboxylic acids is 2. The van der Waals surface area contributed by atoms with Gasteiger partial charge >= 0.3 is 0 Å². The van der Waals surface area contributed by atoms with E-state index in [1.54, 1.807) is 71.6 Å². The molecule has 1 saturated heterocycles. The summed E-state index contributed by atoms with van der Waals surface area (Å²) in [6.45, 7) is 7.29. The van der Waals surface area contributed by atoms with Gasteiger partial charge in [0, 0.05) is 39.3 Å². The van der Waals surface area contributed by atoms with Crippen molar-refractivity contribution in [1.82, 2.24) is 15.1 Å². The van der Waals surface area contributed by atoms with Gasteiger partial charge in [-0.25, -0.2) is 16.8 Å². The van der Waals surface area contributed by atoms with Crippen LogP contribution in [-0.2, 0) is 20.0 Å². The minimum absolute atomic E-state index is 0. The zero-order valence-corrected chi connectivity index (χ0v) is 31.1. The molecule has 278 valence electrons. The van der Waals surface area contributed by atoms with Crippen molar-refractivity contribution in [3.05, 3.63) is 108 Å². The molecule has 1 aliphatic rings. The Morgan fingerprint density at radius 3 is 1.56 bits per heavy atom. The molecule has 0 spiro atoms. The summed E-state index contributed by atoms with van der Waals surface area (Å²) in [6.07, 6.45) is 0.